The van der Waals surface area contributed by atoms with Crippen molar-refractivity contribution in [3.8, 4) is 0 Å². The summed E-state index contributed by atoms with van der Waals surface area (Å²) in [5.41, 5.74) is 1.62. The fourth-order valence-corrected chi connectivity index (χ4v) is 2.48. The van der Waals surface area contributed by atoms with Crippen LogP contribution < -0.4 is 10.6 Å². The summed E-state index contributed by atoms with van der Waals surface area (Å²) in [5.74, 6) is -1.33. The molecule has 0 radical (unpaired) electrons. The van der Waals surface area contributed by atoms with Crippen LogP contribution in [-0.2, 0) is 27.4 Å². The van der Waals surface area contributed by atoms with Crippen molar-refractivity contribution in [2.75, 3.05) is 6.67 Å². The summed E-state index contributed by atoms with van der Waals surface area (Å²) in [5, 5.41) is 4.95. The molecule has 2 N–H and O–H groups in total. The number of amides is 2. The Bertz CT molecular complexity index is 784. The number of alkyl carbamates (subject to hydrolysis) is 1. The topological polar surface area (TPSA) is 84.5 Å². The highest BCUT2D eigenvalue weighted by molar-refractivity contribution is 5.92. The van der Waals surface area contributed by atoms with Crippen molar-refractivity contribution in [3.05, 3.63) is 71.8 Å². The molecule has 7 heteroatoms. The lowest BCUT2D eigenvalue weighted by atomic mass is 10.0. The SMILES string of the molecule is C[C@@H](NC(=O)[C@@H](Cc1ccccc1)NC(=O)OCc1ccccc1)C(=O)CF. The first-order valence-electron chi connectivity index (χ1n) is 8.89. The number of alkyl halides is 1. The maximum atomic E-state index is 12.5. The van der Waals surface area contributed by atoms with Crippen molar-refractivity contribution in [1.82, 2.24) is 10.6 Å². The maximum Gasteiger partial charge on any atom is 0.408 e. The molecule has 0 aliphatic carbocycles. The molecule has 2 amide bonds. The molecule has 0 unspecified atom stereocenters. The van der Waals surface area contributed by atoms with Crippen LogP contribution in [0.1, 0.15) is 18.1 Å². The zero-order chi connectivity index (χ0) is 20.4. The quantitative estimate of drug-likeness (QED) is 0.694. The second-order valence-corrected chi connectivity index (χ2v) is 6.28. The molecule has 0 heterocycles. The van der Waals surface area contributed by atoms with E-state index in [1.165, 1.54) is 6.92 Å². The summed E-state index contributed by atoms with van der Waals surface area (Å²) in [6, 6.07) is 16.3. The zero-order valence-corrected chi connectivity index (χ0v) is 15.6. The summed E-state index contributed by atoms with van der Waals surface area (Å²) in [6.45, 7) is 0.285. The monoisotopic (exact) mass is 386 g/mol. The van der Waals surface area contributed by atoms with Gasteiger partial charge < -0.3 is 15.4 Å². The molecule has 0 aliphatic rings. The van der Waals surface area contributed by atoms with Gasteiger partial charge in [-0.2, -0.15) is 0 Å². The van der Waals surface area contributed by atoms with Crippen LogP contribution >= 0.6 is 0 Å². The summed E-state index contributed by atoms with van der Waals surface area (Å²) in [7, 11) is 0. The standard InChI is InChI=1S/C21H23FN2O4/c1-15(19(25)13-22)23-20(26)18(12-16-8-4-2-5-9-16)24-21(27)28-14-17-10-6-3-7-11-17/h2-11,15,18H,12-14H2,1H3,(H,23,26)(H,24,27)/t15-,18-/m1/s1. The lowest BCUT2D eigenvalue weighted by Gasteiger charge is -2.20. The number of halogens is 1. The van der Waals surface area contributed by atoms with Crippen molar-refractivity contribution >= 4 is 17.8 Å². The smallest absolute Gasteiger partial charge is 0.408 e. The van der Waals surface area contributed by atoms with Gasteiger partial charge in [0.15, 0.2) is 5.78 Å². The predicted octanol–water partition coefficient (Wildman–Crippen LogP) is 2.57. The van der Waals surface area contributed by atoms with Gasteiger partial charge in [-0.15, -0.1) is 0 Å². The Balaban J connectivity index is 2.01. The third-order valence-electron chi connectivity index (χ3n) is 4.08. The first-order valence-corrected chi connectivity index (χ1v) is 8.89. The molecule has 2 aromatic carbocycles. The molecule has 0 bridgehead atoms. The lowest BCUT2D eigenvalue weighted by Crippen LogP contribution is -2.52. The minimum atomic E-state index is -1.17. The minimum absolute atomic E-state index is 0.0586. The van der Waals surface area contributed by atoms with E-state index in [2.05, 4.69) is 10.6 Å². The fourth-order valence-electron chi connectivity index (χ4n) is 2.48. The van der Waals surface area contributed by atoms with Crippen LogP contribution in [0.25, 0.3) is 0 Å². The lowest BCUT2D eigenvalue weighted by molar-refractivity contribution is -0.128. The van der Waals surface area contributed by atoms with Crippen molar-refractivity contribution < 1.29 is 23.5 Å². The van der Waals surface area contributed by atoms with E-state index in [1.54, 1.807) is 0 Å². The highest BCUT2D eigenvalue weighted by Gasteiger charge is 2.25. The molecule has 0 aromatic heterocycles. The second kappa shape index (κ2) is 10.8. The minimum Gasteiger partial charge on any atom is -0.445 e. The van der Waals surface area contributed by atoms with Gasteiger partial charge in [0.05, 0.1) is 6.04 Å². The van der Waals surface area contributed by atoms with Gasteiger partial charge in [-0.1, -0.05) is 60.7 Å². The molecule has 28 heavy (non-hydrogen) atoms. The Morgan fingerprint density at radius 2 is 1.50 bits per heavy atom. The molecule has 0 aliphatic heterocycles. The Hall–Kier alpha value is -3.22. The van der Waals surface area contributed by atoms with Crippen molar-refractivity contribution in [1.29, 1.82) is 0 Å². The van der Waals surface area contributed by atoms with E-state index >= 15 is 0 Å². The Labute approximate surface area is 163 Å². The summed E-state index contributed by atoms with van der Waals surface area (Å²) >= 11 is 0. The largest absolute Gasteiger partial charge is 0.445 e. The van der Waals surface area contributed by atoms with Gasteiger partial charge in [0.25, 0.3) is 0 Å². The molecular formula is C21H23FN2O4. The van der Waals surface area contributed by atoms with Gasteiger partial charge in [0, 0.05) is 6.42 Å². The molecule has 0 spiro atoms. The van der Waals surface area contributed by atoms with Crippen LogP contribution in [0, 0.1) is 0 Å². The van der Waals surface area contributed by atoms with E-state index < -0.39 is 36.5 Å². The van der Waals surface area contributed by atoms with Gasteiger partial charge in [-0.25, -0.2) is 9.18 Å². The van der Waals surface area contributed by atoms with Crippen LogP contribution in [0.2, 0.25) is 0 Å². The van der Waals surface area contributed by atoms with E-state index in [1.807, 2.05) is 60.7 Å². The first kappa shape index (κ1) is 21.1. The highest BCUT2D eigenvalue weighted by atomic mass is 19.1. The van der Waals surface area contributed by atoms with E-state index in [0.717, 1.165) is 11.1 Å². The summed E-state index contributed by atoms with van der Waals surface area (Å²) in [4.78, 5) is 36.1. The molecule has 2 aromatic rings. The number of hydrogen-bond donors (Lipinski definition) is 2. The van der Waals surface area contributed by atoms with Crippen LogP contribution in [-0.4, -0.2) is 36.5 Å². The maximum absolute atomic E-state index is 12.5. The zero-order valence-electron chi connectivity index (χ0n) is 15.6. The number of ether oxygens (including phenoxy) is 1. The van der Waals surface area contributed by atoms with Gasteiger partial charge in [-0.05, 0) is 18.1 Å². The van der Waals surface area contributed by atoms with Gasteiger partial charge in [-0.3, -0.25) is 9.59 Å². The van der Waals surface area contributed by atoms with Crippen LogP contribution in [0.3, 0.4) is 0 Å². The van der Waals surface area contributed by atoms with Gasteiger partial charge in [0.1, 0.15) is 19.3 Å². The van der Waals surface area contributed by atoms with E-state index in [4.69, 9.17) is 4.74 Å². The van der Waals surface area contributed by atoms with E-state index in [9.17, 15) is 18.8 Å². The van der Waals surface area contributed by atoms with Crippen LogP contribution in [0.5, 0.6) is 0 Å². The normalized spacial score (nSPS) is 12.5. The summed E-state index contributed by atoms with van der Waals surface area (Å²) in [6.07, 6.45) is -0.562. The third kappa shape index (κ3) is 6.83. The average molecular weight is 386 g/mol. The number of benzene rings is 2. The Morgan fingerprint density at radius 1 is 0.929 bits per heavy atom. The van der Waals surface area contributed by atoms with E-state index in [-0.39, 0.29) is 13.0 Å². The van der Waals surface area contributed by atoms with E-state index in [0.29, 0.717) is 0 Å². The summed E-state index contributed by atoms with van der Waals surface area (Å²) < 4.78 is 17.7. The number of Topliss-reactive ketones (excluding diaryl/α,β-unsaturated/α-hetero) is 1. The molecule has 0 saturated carbocycles. The van der Waals surface area contributed by atoms with Crippen molar-refractivity contribution in [3.63, 3.8) is 0 Å². The number of carbonyl (C=O) groups excluding carboxylic acids is 3. The molecule has 148 valence electrons. The van der Waals surface area contributed by atoms with Gasteiger partial charge in [0.2, 0.25) is 5.91 Å². The molecule has 0 saturated heterocycles. The van der Waals surface area contributed by atoms with Crippen LogP contribution in [0.4, 0.5) is 9.18 Å². The average Bonchev–Trinajstić information content (AvgIpc) is 2.72. The molecule has 2 atom stereocenters. The Kier molecular flexibility index (Phi) is 8.14. The molecular weight excluding hydrogens is 363 g/mol. The van der Waals surface area contributed by atoms with Crippen molar-refractivity contribution in [2.45, 2.75) is 32.0 Å². The number of hydrogen-bond acceptors (Lipinski definition) is 4. The number of carbonyl (C=O) groups is 3. The first-order chi connectivity index (χ1) is 13.5. The number of ketones is 1. The number of rotatable bonds is 9. The molecule has 2 rings (SSSR count). The predicted molar refractivity (Wildman–Crippen MR) is 102 cm³/mol. The second-order valence-electron chi connectivity index (χ2n) is 6.28. The van der Waals surface area contributed by atoms with Crippen molar-refractivity contribution in [2.24, 2.45) is 0 Å². The third-order valence-corrected chi connectivity index (χ3v) is 4.08. The number of nitrogens with one attached hydrogen (secondary N) is 2. The van der Waals surface area contributed by atoms with Crippen LogP contribution in [0.15, 0.2) is 60.7 Å². The molecule has 0 fully saturated rings. The Morgan fingerprint density at radius 3 is 2.07 bits per heavy atom. The fraction of sp³-hybridized carbons (Fsp3) is 0.286. The molecule has 6 nitrogen and oxygen atoms in total. The van der Waals surface area contributed by atoms with Gasteiger partial charge >= 0.3 is 6.09 Å². The highest BCUT2D eigenvalue weighted by Crippen LogP contribution is 2.06.